The number of benzene rings is 1. The van der Waals surface area contributed by atoms with Gasteiger partial charge in [0.25, 0.3) is 4.80 Å². The number of oxazole rings is 1. The molecule has 3 nitrogen and oxygen atoms in total. The van der Waals surface area contributed by atoms with Crippen LogP contribution in [0, 0.1) is 0 Å². The third kappa shape index (κ3) is 2.58. The van der Waals surface area contributed by atoms with E-state index in [-0.39, 0.29) is 0 Å². The van der Waals surface area contributed by atoms with E-state index in [0.29, 0.717) is 10.9 Å². The number of hydrogen-bond acceptors (Lipinski definition) is 3. The second-order valence-corrected chi connectivity index (χ2v) is 5.21. The van der Waals surface area contributed by atoms with Crippen molar-refractivity contribution in [1.82, 2.24) is 4.98 Å². The molecule has 1 heterocycles. The molecule has 1 aliphatic rings. The summed E-state index contributed by atoms with van der Waals surface area (Å²) in [6.45, 7) is 0. The van der Waals surface area contributed by atoms with Crippen LogP contribution < -0.4 is 4.74 Å². The normalized spacial score (nSPS) is 16.1. The molecule has 0 unspecified atom stereocenters. The zero-order valence-electron chi connectivity index (χ0n) is 9.93. The van der Waals surface area contributed by atoms with E-state index >= 15 is 0 Å². The Morgan fingerprint density at radius 1 is 1.28 bits per heavy atom. The van der Waals surface area contributed by atoms with Crippen LogP contribution in [-0.4, -0.2) is 11.1 Å². The highest BCUT2D eigenvalue weighted by Crippen LogP contribution is 2.29. The zero-order chi connectivity index (χ0) is 12.4. The van der Waals surface area contributed by atoms with Crippen molar-refractivity contribution in [2.45, 2.75) is 31.8 Å². The third-order valence-corrected chi connectivity index (χ3v) is 3.57. The minimum Gasteiger partial charge on any atom is -0.490 e. The van der Waals surface area contributed by atoms with Crippen molar-refractivity contribution in [2.24, 2.45) is 0 Å². The maximum absolute atomic E-state index is 5.97. The van der Waals surface area contributed by atoms with Crippen molar-refractivity contribution in [2.75, 3.05) is 0 Å². The van der Waals surface area contributed by atoms with E-state index in [9.17, 15) is 0 Å². The monoisotopic (exact) mass is 307 g/mol. The SMILES string of the molecule is Brc1ncc(-c2cccc(OC3CCCC3)c2)o1. The van der Waals surface area contributed by atoms with Crippen molar-refractivity contribution < 1.29 is 9.15 Å². The molecule has 1 aromatic heterocycles. The summed E-state index contributed by atoms with van der Waals surface area (Å²) < 4.78 is 11.4. The predicted octanol–water partition coefficient (Wildman–Crippen LogP) is 4.43. The van der Waals surface area contributed by atoms with Crippen LogP contribution in [0.4, 0.5) is 0 Å². The van der Waals surface area contributed by atoms with Gasteiger partial charge in [-0.15, -0.1) is 0 Å². The maximum atomic E-state index is 5.97. The summed E-state index contributed by atoms with van der Waals surface area (Å²) in [6, 6.07) is 7.98. The van der Waals surface area contributed by atoms with E-state index in [1.807, 2.05) is 24.3 Å². The summed E-state index contributed by atoms with van der Waals surface area (Å²) in [5.41, 5.74) is 0.990. The summed E-state index contributed by atoms with van der Waals surface area (Å²) in [5, 5.41) is 0. The van der Waals surface area contributed by atoms with E-state index in [1.165, 1.54) is 12.8 Å². The van der Waals surface area contributed by atoms with Crippen molar-refractivity contribution in [3.05, 3.63) is 35.3 Å². The average Bonchev–Trinajstić information content (AvgIpc) is 3.01. The summed E-state index contributed by atoms with van der Waals surface area (Å²) in [6.07, 6.45) is 6.97. The first-order valence-electron chi connectivity index (χ1n) is 6.20. The fraction of sp³-hybridized carbons (Fsp3) is 0.357. The second-order valence-electron chi connectivity index (χ2n) is 4.53. The molecule has 94 valence electrons. The molecule has 0 saturated heterocycles. The highest BCUT2D eigenvalue weighted by atomic mass is 79.9. The molecule has 0 amide bonds. The first-order chi connectivity index (χ1) is 8.81. The van der Waals surface area contributed by atoms with Crippen LogP contribution in [0.25, 0.3) is 11.3 Å². The Labute approximate surface area is 114 Å². The summed E-state index contributed by atoms with van der Waals surface area (Å²) in [4.78, 5) is 4.53. The van der Waals surface area contributed by atoms with Gasteiger partial charge in [0.2, 0.25) is 0 Å². The van der Waals surface area contributed by atoms with E-state index < -0.39 is 0 Å². The molecule has 1 fully saturated rings. The van der Waals surface area contributed by atoms with Gasteiger partial charge in [0.05, 0.1) is 12.3 Å². The van der Waals surface area contributed by atoms with Crippen molar-refractivity contribution in [1.29, 1.82) is 0 Å². The molecule has 0 bridgehead atoms. The quantitative estimate of drug-likeness (QED) is 0.841. The Balaban J connectivity index is 1.80. The molecule has 18 heavy (non-hydrogen) atoms. The summed E-state index contributed by atoms with van der Waals surface area (Å²) in [5.74, 6) is 1.66. The van der Waals surface area contributed by atoms with Crippen LogP contribution >= 0.6 is 15.9 Å². The standard InChI is InChI=1S/C14H14BrNO2/c15-14-16-9-13(18-14)10-4-3-7-12(8-10)17-11-5-1-2-6-11/h3-4,7-9,11H,1-2,5-6H2. The van der Waals surface area contributed by atoms with Crippen molar-refractivity contribution in [3.8, 4) is 17.1 Å². The lowest BCUT2D eigenvalue weighted by molar-refractivity contribution is 0.210. The maximum Gasteiger partial charge on any atom is 0.264 e. The van der Waals surface area contributed by atoms with Crippen LogP contribution in [0.5, 0.6) is 5.75 Å². The summed E-state index contributed by atoms with van der Waals surface area (Å²) in [7, 11) is 0. The predicted molar refractivity (Wildman–Crippen MR) is 72.5 cm³/mol. The van der Waals surface area contributed by atoms with Gasteiger partial charge in [0, 0.05) is 21.5 Å². The van der Waals surface area contributed by atoms with Crippen molar-refractivity contribution >= 4 is 15.9 Å². The minimum absolute atomic E-state index is 0.377. The summed E-state index contributed by atoms with van der Waals surface area (Å²) >= 11 is 3.21. The lowest BCUT2D eigenvalue weighted by Crippen LogP contribution is -2.10. The van der Waals surface area contributed by atoms with Gasteiger partial charge in [-0.1, -0.05) is 12.1 Å². The van der Waals surface area contributed by atoms with E-state index in [0.717, 1.165) is 29.9 Å². The van der Waals surface area contributed by atoms with Crippen LogP contribution in [0.1, 0.15) is 25.7 Å². The average molecular weight is 308 g/mol. The molecule has 0 atom stereocenters. The number of halogens is 1. The molecule has 0 aliphatic heterocycles. The van der Waals surface area contributed by atoms with Crippen LogP contribution in [0.2, 0.25) is 0 Å². The molecule has 0 spiro atoms. The van der Waals surface area contributed by atoms with Crippen LogP contribution in [0.3, 0.4) is 0 Å². The number of rotatable bonds is 3. The Kier molecular flexibility index (Phi) is 3.37. The fourth-order valence-corrected chi connectivity index (χ4v) is 2.58. The van der Waals surface area contributed by atoms with E-state index in [2.05, 4.69) is 20.9 Å². The molecule has 1 aliphatic carbocycles. The number of aromatic nitrogens is 1. The van der Waals surface area contributed by atoms with Gasteiger partial charge < -0.3 is 9.15 Å². The topological polar surface area (TPSA) is 35.3 Å². The molecule has 0 radical (unpaired) electrons. The smallest absolute Gasteiger partial charge is 0.264 e. The first-order valence-corrected chi connectivity index (χ1v) is 6.99. The highest BCUT2D eigenvalue weighted by molar-refractivity contribution is 9.10. The van der Waals surface area contributed by atoms with Gasteiger partial charge in [0.15, 0.2) is 5.76 Å². The lowest BCUT2D eigenvalue weighted by atomic mass is 10.2. The molecule has 0 N–H and O–H groups in total. The Morgan fingerprint density at radius 3 is 2.83 bits per heavy atom. The molecule has 4 heteroatoms. The minimum atomic E-state index is 0.377. The largest absolute Gasteiger partial charge is 0.490 e. The molecule has 1 saturated carbocycles. The lowest BCUT2D eigenvalue weighted by Gasteiger charge is -2.13. The van der Waals surface area contributed by atoms with Gasteiger partial charge in [-0.2, -0.15) is 0 Å². The number of nitrogens with zero attached hydrogens (tertiary/aromatic N) is 1. The van der Waals surface area contributed by atoms with Gasteiger partial charge in [0.1, 0.15) is 5.75 Å². The Hall–Kier alpha value is -1.29. The first kappa shape index (κ1) is 11.8. The Morgan fingerprint density at radius 2 is 2.11 bits per heavy atom. The Bertz CT molecular complexity index is 532. The molecular formula is C14H14BrNO2. The van der Waals surface area contributed by atoms with E-state index in [4.69, 9.17) is 9.15 Å². The zero-order valence-corrected chi connectivity index (χ0v) is 11.5. The van der Waals surface area contributed by atoms with Crippen LogP contribution in [0.15, 0.2) is 39.7 Å². The molecule has 1 aromatic carbocycles. The van der Waals surface area contributed by atoms with Gasteiger partial charge in [-0.3, -0.25) is 0 Å². The highest BCUT2D eigenvalue weighted by Gasteiger charge is 2.16. The van der Waals surface area contributed by atoms with E-state index in [1.54, 1.807) is 6.20 Å². The van der Waals surface area contributed by atoms with Gasteiger partial charge in [-0.25, -0.2) is 4.98 Å². The number of ether oxygens (including phenoxy) is 1. The second kappa shape index (κ2) is 5.14. The molecular weight excluding hydrogens is 294 g/mol. The van der Waals surface area contributed by atoms with Crippen LogP contribution in [-0.2, 0) is 0 Å². The fourth-order valence-electron chi connectivity index (χ4n) is 2.31. The van der Waals surface area contributed by atoms with Gasteiger partial charge >= 0.3 is 0 Å². The number of hydrogen-bond donors (Lipinski definition) is 0. The third-order valence-electron chi connectivity index (χ3n) is 3.20. The molecule has 2 aromatic rings. The van der Waals surface area contributed by atoms with Crippen molar-refractivity contribution in [3.63, 3.8) is 0 Å². The van der Waals surface area contributed by atoms with Gasteiger partial charge in [-0.05, 0) is 37.8 Å². The molecule has 3 rings (SSSR count).